The molecule has 0 saturated carbocycles. The quantitative estimate of drug-likeness (QED) is 0.672. The molecule has 0 aromatic heterocycles. The number of amides is 1. The highest BCUT2D eigenvalue weighted by Crippen LogP contribution is 2.26. The molecule has 0 bridgehead atoms. The molecule has 3 rings (SSSR count). The average Bonchev–Trinajstić information content (AvgIpc) is 2.68. The predicted octanol–water partition coefficient (Wildman–Crippen LogP) is 2.76. The van der Waals surface area contributed by atoms with Crippen LogP contribution in [0.3, 0.4) is 0 Å². The van der Waals surface area contributed by atoms with Crippen LogP contribution in [0, 0.1) is 0 Å². The van der Waals surface area contributed by atoms with E-state index in [0.29, 0.717) is 18.8 Å². The molecule has 0 atom stereocenters. The summed E-state index contributed by atoms with van der Waals surface area (Å²) >= 11 is 0. The minimum atomic E-state index is -0.143. The van der Waals surface area contributed by atoms with Crippen LogP contribution in [0.5, 0.6) is 0 Å². The van der Waals surface area contributed by atoms with Gasteiger partial charge in [-0.15, -0.1) is 0 Å². The van der Waals surface area contributed by atoms with Crippen molar-refractivity contribution >= 4 is 23.5 Å². The van der Waals surface area contributed by atoms with Crippen molar-refractivity contribution in [3.63, 3.8) is 0 Å². The third-order valence-electron chi connectivity index (χ3n) is 3.98. The zero-order chi connectivity index (χ0) is 17.5. The number of anilines is 2. The molecule has 0 radical (unpaired) electrons. The third kappa shape index (κ3) is 4.36. The van der Waals surface area contributed by atoms with Gasteiger partial charge in [0.05, 0.1) is 30.8 Å². The second-order valence-electron chi connectivity index (χ2n) is 5.61. The second kappa shape index (κ2) is 8.30. The van der Waals surface area contributed by atoms with Gasteiger partial charge in [0.25, 0.3) is 5.91 Å². The molecule has 2 aromatic carbocycles. The van der Waals surface area contributed by atoms with Crippen LogP contribution in [0.4, 0.5) is 11.4 Å². The van der Waals surface area contributed by atoms with Crippen LogP contribution in [0.15, 0.2) is 53.7 Å². The lowest BCUT2D eigenvalue weighted by molar-refractivity contribution is 0.102. The molecule has 0 spiro atoms. The second-order valence-corrected chi connectivity index (χ2v) is 5.61. The van der Waals surface area contributed by atoms with Crippen molar-refractivity contribution in [2.45, 2.75) is 0 Å². The molecule has 1 fully saturated rings. The summed E-state index contributed by atoms with van der Waals surface area (Å²) in [7, 11) is 1.49. The zero-order valence-electron chi connectivity index (χ0n) is 14.1. The maximum Gasteiger partial charge on any atom is 0.255 e. The van der Waals surface area contributed by atoms with Crippen LogP contribution in [0.25, 0.3) is 0 Å². The number of rotatable bonds is 5. The van der Waals surface area contributed by atoms with Crippen LogP contribution >= 0.6 is 0 Å². The summed E-state index contributed by atoms with van der Waals surface area (Å²) in [4.78, 5) is 19.4. The molecule has 130 valence electrons. The molecular weight excluding hydrogens is 318 g/mol. The first-order valence-corrected chi connectivity index (χ1v) is 8.17. The van der Waals surface area contributed by atoms with Crippen molar-refractivity contribution in [1.29, 1.82) is 0 Å². The number of oxime groups is 1. The highest BCUT2D eigenvalue weighted by atomic mass is 16.6. The van der Waals surface area contributed by atoms with E-state index in [-0.39, 0.29) is 5.91 Å². The Morgan fingerprint density at radius 2 is 1.88 bits per heavy atom. The monoisotopic (exact) mass is 339 g/mol. The van der Waals surface area contributed by atoms with Crippen LogP contribution in [-0.2, 0) is 9.57 Å². The van der Waals surface area contributed by atoms with Gasteiger partial charge >= 0.3 is 0 Å². The van der Waals surface area contributed by atoms with Crippen molar-refractivity contribution in [2.24, 2.45) is 5.16 Å². The Bertz CT molecular complexity index is 738. The largest absolute Gasteiger partial charge is 0.399 e. The first-order valence-electron chi connectivity index (χ1n) is 8.17. The van der Waals surface area contributed by atoms with Gasteiger partial charge in [-0.05, 0) is 29.8 Å². The van der Waals surface area contributed by atoms with E-state index in [4.69, 9.17) is 4.74 Å². The molecule has 1 aliphatic heterocycles. The molecule has 1 saturated heterocycles. The van der Waals surface area contributed by atoms with E-state index in [0.717, 1.165) is 30.0 Å². The summed E-state index contributed by atoms with van der Waals surface area (Å²) in [5, 5.41) is 6.71. The Kier molecular flexibility index (Phi) is 5.64. The number of carbonyl (C=O) groups excluding carboxylic acids is 1. The van der Waals surface area contributed by atoms with Gasteiger partial charge in [-0.3, -0.25) is 4.79 Å². The lowest BCUT2D eigenvalue weighted by Gasteiger charge is -2.30. The van der Waals surface area contributed by atoms with Crippen molar-refractivity contribution in [3.05, 3.63) is 59.7 Å². The highest BCUT2D eigenvalue weighted by Gasteiger charge is 2.16. The number of carbonyl (C=O) groups is 1. The zero-order valence-corrected chi connectivity index (χ0v) is 14.1. The summed E-state index contributed by atoms with van der Waals surface area (Å²) in [5.41, 5.74) is 3.28. The Morgan fingerprint density at radius 1 is 1.16 bits per heavy atom. The summed E-state index contributed by atoms with van der Waals surface area (Å²) in [6.07, 6.45) is 1.59. The number of para-hydroxylation sites is 2. The lowest BCUT2D eigenvalue weighted by atomic mass is 10.1. The first-order chi connectivity index (χ1) is 12.3. The molecule has 0 unspecified atom stereocenters. The number of nitrogens with one attached hydrogen (secondary N) is 1. The Labute approximate surface area is 147 Å². The van der Waals surface area contributed by atoms with E-state index >= 15 is 0 Å². The minimum Gasteiger partial charge on any atom is -0.399 e. The average molecular weight is 339 g/mol. The molecule has 1 amide bonds. The molecule has 1 aliphatic rings. The van der Waals surface area contributed by atoms with Gasteiger partial charge < -0.3 is 19.8 Å². The van der Waals surface area contributed by atoms with Crippen molar-refractivity contribution in [1.82, 2.24) is 0 Å². The Balaban J connectivity index is 1.73. The first kappa shape index (κ1) is 17.0. The van der Waals surface area contributed by atoms with E-state index < -0.39 is 0 Å². The fraction of sp³-hybridized carbons (Fsp3) is 0.263. The van der Waals surface area contributed by atoms with Crippen molar-refractivity contribution in [2.75, 3.05) is 43.6 Å². The highest BCUT2D eigenvalue weighted by molar-refractivity contribution is 6.06. The van der Waals surface area contributed by atoms with E-state index in [2.05, 4.69) is 20.2 Å². The molecule has 1 N–H and O–H groups in total. The van der Waals surface area contributed by atoms with Gasteiger partial charge in [0.1, 0.15) is 7.11 Å². The number of hydrogen-bond acceptors (Lipinski definition) is 5. The van der Waals surface area contributed by atoms with Crippen molar-refractivity contribution in [3.8, 4) is 0 Å². The standard InChI is InChI=1S/C19H21N3O3/c1-24-20-14-15-6-8-16(9-7-15)19(23)21-17-4-2-3-5-18(17)22-10-12-25-13-11-22/h2-9,14H,10-13H2,1H3,(H,21,23)/b20-14+. The van der Waals surface area contributed by atoms with Gasteiger partial charge in [0, 0.05) is 18.7 Å². The fourth-order valence-electron chi connectivity index (χ4n) is 2.69. The molecule has 25 heavy (non-hydrogen) atoms. The van der Waals surface area contributed by atoms with Crippen LogP contribution in [0.1, 0.15) is 15.9 Å². The summed E-state index contributed by atoms with van der Waals surface area (Å²) in [6, 6.07) is 15.0. The van der Waals surface area contributed by atoms with Crippen molar-refractivity contribution < 1.29 is 14.4 Å². The summed E-state index contributed by atoms with van der Waals surface area (Å²) in [5.74, 6) is -0.143. The fourth-order valence-corrected chi connectivity index (χ4v) is 2.69. The Hall–Kier alpha value is -2.86. The number of benzene rings is 2. The van der Waals surface area contributed by atoms with Gasteiger partial charge in [-0.1, -0.05) is 29.4 Å². The van der Waals surface area contributed by atoms with Crippen LogP contribution < -0.4 is 10.2 Å². The number of hydrogen-bond donors (Lipinski definition) is 1. The van der Waals surface area contributed by atoms with Gasteiger partial charge in [-0.2, -0.15) is 0 Å². The molecule has 6 heteroatoms. The maximum atomic E-state index is 12.6. The van der Waals surface area contributed by atoms with E-state index in [9.17, 15) is 4.79 Å². The van der Waals surface area contributed by atoms with Crippen LogP contribution in [0.2, 0.25) is 0 Å². The topological polar surface area (TPSA) is 63.2 Å². The molecular formula is C19H21N3O3. The van der Waals surface area contributed by atoms with E-state index in [1.54, 1.807) is 18.3 Å². The Morgan fingerprint density at radius 3 is 2.60 bits per heavy atom. The summed E-state index contributed by atoms with van der Waals surface area (Å²) < 4.78 is 5.40. The SMILES string of the molecule is CO/N=C/c1ccc(C(=O)Nc2ccccc2N2CCOCC2)cc1. The van der Waals surface area contributed by atoms with Gasteiger partial charge in [0.2, 0.25) is 0 Å². The molecule has 0 aliphatic carbocycles. The predicted molar refractivity (Wildman–Crippen MR) is 98.5 cm³/mol. The third-order valence-corrected chi connectivity index (χ3v) is 3.98. The smallest absolute Gasteiger partial charge is 0.255 e. The van der Waals surface area contributed by atoms with Gasteiger partial charge in [-0.25, -0.2) is 0 Å². The molecule has 6 nitrogen and oxygen atoms in total. The van der Waals surface area contributed by atoms with E-state index in [1.807, 2.05) is 36.4 Å². The number of ether oxygens (including phenoxy) is 1. The van der Waals surface area contributed by atoms with E-state index in [1.165, 1.54) is 7.11 Å². The lowest BCUT2D eigenvalue weighted by Crippen LogP contribution is -2.36. The van der Waals surface area contributed by atoms with Gasteiger partial charge in [0.15, 0.2) is 0 Å². The normalized spacial score (nSPS) is 14.5. The minimum absolute atomic E-state index is 0.143. The maximum absolute atomic E-state index is 12.6. The van der Waals surface area contributed by atoms with Crippen LogP contribution in [-0.4, -0.2) is 45.5 Å². The number of nitrogens with zero attached hydrogens (tertiary/aromatic N) is 2. The summed E-state index contributed by atoms with van der Waals surface area (Å²) in [6.45, 7) is 3.04. The molecule has 2 aromatic rings. The number of morpholine rings is 1. The molecule has 1 heterocycles.